The van der Waals surface area contributed by atoms with Crippen LogP contribution in [0.2, 0.25) is 0 Å². The molecule has 0 bridgehead atoms. The van der Waals surface area contributed by atoms with Gasteiger partial charge in [-0.15, -0.1) is 0 Å². The zero-order valence-electron chi connectivity index (χ0n) is 13.9. The summed E-state index contributed by atoms with van der Waals surface area (Å²) in [5.74, 6) is 0. The Morgan fingerprint density at radius 2 is 1.79 bits per heavy atom. The number of hydrogen-bond acceptors (Lipinski definition) is 1. The predicted octanol–water partition coefficient (Wildman–Crippen LogP) is 5.21. The molecule has 2 rings (SSSR count). The SMILES string of the molecule is CC.CC.CCCCN1CCc2c(C)cccc2C1. The highest BCUT2D eigenvalue weighted by Crippen LogP contribution is 2.21. The van der Waals surface area contributed by atoms with Gasteiger partial charge in [0.1, 0.15) is 0 Å². The molecule has 0 unspecified atom stereocenters. The molecule has 1 nitrogen and oxygen atoms in total. The first kappa shape index (κ1) is 18.2. The number of unbranched alkanes of at least 4 members (excludes halogenated alkanes) is 1. The van der Waals surface area contributed by atoms with E-state index in [1.807, 2.05) is 27.7 Å². The number of rotatable bonds is 3. The first-order valence-corrected chi connectivity index (χ1v) is 8.11. The standard InChI is InChI=1S/C14H21N.2C2H6/c1-3-4-9-15-10-8-14-12(2)6-5-7-13(14)11-15;2*1-2/h5-7H,3-4,8-11H2,1-2H3;2*1-2H3. The molecule has 0 saturated carbocycles. The third-order valence-corrected chi connectivity index (χ3v) is 3.41. The third kappa shape index (κ3) is 5.78. The molecule has 1 heterocycles. The van der Waals surface area contributed by atoms with Crippen molar-refractivity contribution in [2.45, 2.75) is 67.3 Å². The van der Waals surface area contributed by atoms with Crippen LogP contribution in [0.3, 0.4) is 0 Å². The van der Waals surface area contributed by atoms with Crippen molar-refractivity contribution >= 4 is 0 Å². The second-order valence-electron chi connectivity index (χ2n) is 4.59. The lowest BCUT2D eigenvalue weighted by Crippen LogP contribution is -2.31. The van der Waals surface area contributed by atoms with Crippen LogP contribution in [0.4, 0.5) is 0 Å². The van der Waals surface area contributed by atoms with E-state index in [4.69, 9.17) is 0 Å². The van der Waals surface area contributed by atoms with Gasteiger partial charge >= 0.3 is 0 Å². The third-order valence-electron chi connectivity index (χ3n) is 3.41. The van der Waals surface area contributed by atoms with E-state index in [1.165, 1.54) is 37.9 Å². The van der Waals surface area contributed by atoms with E-state index in [0.29, 0.717) is 0 Å². The lowest BCUT2D eigenvalue weighted by atomic mass is 9.95. The van der Waals surface area contributed by atoms with Crippen LogP contribution in [-0.4, -0.2) is 18.0 Å². The molecule has 0 amide bonds. The van der Waals surface area contributed by atoms with E-state index in [1.54, 1.807) is 11.1 Å². The summed E-state index contributed by atoms with van der Waals surface area (Å²) in [6, 6.07) is 6.72. The molecule has 0 atom stereocenters. The Labute approximate surface area is 121 Å². The van der Waals surface area contributed by atoms with Gasteiger partial charge in [-0.3, -0.25) is 4.90 Å². The van der Waals surface area contributed by atoms with Gasteiger partial charge in [0.05, 0.1) is 0 Å². The van der Waals surface area contributed by atoms with Crippen LogP contribution in [-0.2, 0) is 13.0 Å². The van der Waals surface area contributed by atoms with Crippen molar-refractivity contribution in [1.82, 2.24) is 4.90 Å². The summed E-state index contributed by atoms with van der Waals surface area (Å²) in [5, 5.41) is 0. The fraction of sp³-hybridized carbons (Fsp3) is 0.667. The van der Waals surface area contributed by atoms with E-state index in [2.05, 4.69) is 36.9 Å². The minimum Gasteiger partial charge on any atom is -0.299 e. The smallest absolute Gasteiger partial charge is 0.0236 e. The minimum absolute atomic E-state index is 1.16. The van der Waals surface area contributed by atoms with E-state index >= 15 is 0 Å². The van der Waals surface area contributed by atoms with Crippen molar-refractivity contribution in [2.75, 3.05) is 13.1 Å². The summed E-state index contributed by atoms with van der Waals surface area (Å²) in [5.41, 5.74) is 4.63. The molecule has 1 aliphatic heterocycles. The molecule has 0 spiro atoms. The van der Waals surface area contributed by atoms with Crippen LogP contribution >= 0.6 is 0 Å². The van der Waals surface area contributed by atoms with Crippen molar-refractivity contribution in [3.05, 3.63) is 34.9 Å². The number of nitrogens with zero attached hydrogens (tertiary/aromatic N) is 1. The zero-order chi connectivity index (χ0) is 14.7. The van der Waals surface area contributed by atoms with Gasteiger partial charge in [0, 0.05) is 13.1 Å². The molecule has 0 radical (unpaired) electrons. The Morgan fingerprint density at radius 1 is 1.11 bits per heavy atom. The maximum absolute atomic E-state index is 2.59. The molecule has 0 fully saturated rings. The highest BCUT2D eigenvalue weighted by molar-refractivity contribution is 5.36. The maximum atomic E-state index is 2.59. The second-order valence-corrected chi connectivity index (χ2v) is 4.59. The van der Waals surface area contributed by atoms with Crippen LogP contribution in [0.25, 0.3) is 0 Å². The van der Waals surface area contributed by atoms with Crippen LogP contribution < -0.4 is 0 Å². The lowest BCUT2D eigenvalue weighted by Gasteiger charge is -2.29. The Hall–Kier alpha value is -0.820. The summed E-state index contributed by atoms with van der Waals surface area (Å²) in [7, 11) is 0. The molecular formula is C18H33N. The topological polar surface area (TPSA) is 3.24 Å². The van der Waals surface area contributed by atoms with Crippen LogP contribution in [0.15, 0.2) is 18.2 Å². The first-order valence-electron chi connectivity index (χ1n) is 8.11. The Bertz CT molecular complexity index is 330. The van der Waals surface area contributed by atoms with Crippen molar-refractivity contribution < 1.29 is 0 Å². The van der Waals surface area contributed by atoms with Gasteiger partial charge in [0.15, 0.2) is 0 Å². The van der Waals surface area contributed by atoms with Crippen LogP contribution in [0.1, 0.15) is 64.2 Å². The number of benzene rings is 1. The average Bonchev–Trinajstić information content (AvgIpc) is 2.49. The molecule has 19 heavy (non-hydrogen) atoms. The van der Waals surface area contributed by atoms with Crippen molar-refractivity contribution in [1.29, 1.82) is 0 Å². The molecule has 1 aromatic rings. The van der Waals surface area contributed by atoms with Gasteiger partial charge in [-0.05, 0) is 43.0 Å². The zero-order valence-corrected chi connectivity index (χ0v) is 13.9. The monoisotopic (exact) mass is 263 g/mol. The average molecular weight is 263 g/mol. The molecule has 1 heteroatoms. The molecular weight excluding hydrogens is 230 g/mol. The first-order chi connectivity index (χ1) is 9.31. The summed E-state index contributed by atoms with van der Waals surface area (Å²) in [6.45, 7) is 16.2. The predicted molar refractivity (Wildman–Crippen MR) is 87.8 cm³/mol. The van der Waals surface area contributed by atoms with Crippen molar-refractivity contribution in [3.63, 3.8) is 0 Å². The number of fused-ring (bicyclic) bond motifs is 1. The highest BCUT2D eigenvalue weighted by atomic mass is 15.1. The Kier molecular flexibility index (Phi) is 10.6. The molecule has 0 aliphatic carbocycles. The van der Waals surface area contributed by atoms with Gasteiger partial charge in [-0.25, -0.2) is 0 Å². The quantitative estimate of drug-likeness (QED) is 0.724. The number of aryl methyl sites for hydroxylation is 1. The van der Waals surface area contributed by atoms with Gasteiger partial charge in [0.25, 0.3) is 0 Å². The molecule has 110 valence electrons. The number of hydrogen-bond donors (Lipinski definition) is 0. The van der Waals surface area contributed by atoms with Gasteiger partial charge in [0.2, 0.25) is 0 Å². The van der Waals surface area contributed by atoms with E-state index < -0.39 is 0 Å². The highest BCUT2D eigenvalue weighted by Gasteiger charge is 2.16. The van der Waals surface area contributed by atoms with Crippen molar-refractivity contribution in [2.24, 2.45) is 0 Å². The molecule has 1 aromatic carbocycles. The second kappa shape index (κ2) is 11.0. The van der Waals surface area contributed by atoms with Gasteiger partial charge in [-0.2, -0.15) is 0 Å². The molecule has 0 aromatic heterocycles. The summed E-state index contributed by atoms with van der Waals surface area (Å²) in [4.78, 5) is 2.59. The summed E-state index contributed by atoms with van der Waals surface area (Å²) in [6.07, 6.45) is 3.88. The maximum Gasteiger partial charge on any atom is 0.0236 e. The van der Waals surface area contributed by atoms with E-state index in [9.17, 15) is 0 Å². The van der Waals surface area contributed by atoms with Gasteiger partial charge in [-0.1, -0.05) is 59.2 Å². The largest absolute Gasteiger partial charge is 0.299 e. The van der Waals surface area contributed by atoms with Gasteiger partial charge < -0.3 is 0 Å². The van der Waals surface area contributed by atoms with Crippen LogP contribution in [0, 0.1) is 6.92 Å². The lowest BCUT2D eigenvalue weighted by molar-refractivity contribution is 0.250. The van der Waals surface area contributed by atoms with E-state index in [0.717, 1.165) is 6.54 Å². The molecule has 0 saturated heterocycles. The normalized spacial score (nSPS) is 13.6. The fourth-order valence-electron chi connectivity index (χ4n) is 2.43. The van der Waals surface area contributed by atoms with Crippen molar-refractivity contribution in [3.8, 4) is 0 Å². The Balaban J connectivity index is 0.000000741. The van der Waals surface area contributed by atoms with Crippen LogP contribution in [0.5, 0.6) is 0 Å². The van der Waals surface area contributed by atoms with E-state index in [-0.39, 0.29) is 0 Å². The summed E-state index contributed by atoms with van der Waals surface area (Å²) < 4.78 is 0. The summed E-state index contributed by atoms with van der Waals surface area (Å²) >= 11 is 0. The fourth-order valence-corrected chi connectivity index (χ4v) is 2.43. The Morgan fingerprint density at radius 3 is 2.42 bits per heavy atom. The molecule has 1 aliphatic rings. The minimum atomic E-state index is 1.16. The molecule has 0 N–H and O–H groups in total.